The summed E-state index contributed by atoms with van der Waals surface area (Å²) >= 11 is 6.85. The molecule has 0 bridgehead atoms. The molecule has 98 valence electrons. The summed E-state index contributed by atoms with van der Waals surface area (Å²) in [6.07, 6.45) is 2.69. The van der Waals surface area contributed by atoms with E-state index < -0.39 is 0 Å². The zero-order chi connectivity index (χ0) is 13.2. The molecule has 0 spiro atoms. The van der Waals surface area contributed by atoms with Crippen LogP contribution in [0.15, 0.2) is 32.3 Å². The molecule has 1 saturated carbocycles. The summed E-state index contributed by atoms with van der Waals surface area (Å²) in [5, 5.41) is 11.6. The van der Waals surface area contributed by atoms with Crippen molar-refractivity contribution in [2.75, 3.05) is 6.61 Å². The lowest BCUT2D eigenvalue weighted by Crippen LogP contribution is -2.22. The second-order valence-corrected chi connectivity index (χ2v) is 6.40. The van der Waals surface area contributed by atoms with Crippen molar-refractivity contribution >= 4 is 37.7 Å². The van der Waals surface area contributed by atoms with E-state index in [1.54, 1.807) is 0 Å². The molecule has 0 amide bonds. The molecule has 0 heterocycles. The Bertz CT molecular complexity index is 473. The Hall–Kier alpha value is -0.750. The fourth-order valence-corrected chi connectivity index (χ4v) is 2.95. The van der Waals surface area contributed by atoms with Gasteiger partial charge in [0.15, 0.2) is 0 Å². The van der Waals surface area contributed by atoms with E-state index >= 15 is 0 Å². The van der Waals surface area contributed by atoms with Crippen LogP contribution < -0.4 is 10.5 Å². The first-order valence-corrected chi connectivity index (χ1v) is 7.17. The van der Waals surface area contributed by atoms with E-state index in [1.807, 2.05) is 18.2 Å². The van der Waals surface area contributed by atoms with Crippen molar-refractivity contribution in [2.45, 2.75) is 19.3 Å². The average molecular weight is 378 g/mol. The van der Waals surface area contributed by atoms with Crippen molar-refractivity contribution in [3.8, 4) is 5.75 Å². The molecule has 3 N–H and O–H groups in total. The van der Waals surface area contributed by atoms with Crippen LogP contribution >= 0.6 is 31.9 Å². The van der Waals surface area contributed by atoms with Crippen molar-refractivity contribution in [2.24, 2.45) is 16.3 Å². The summed E-state index contributed by atoms with van der Waals surface area (Å²) in [6.45, 7) is 0.587. The molecular weight excluding hydrogens is 364 g/mol. The molecule has 1 aliphatic rings. The Morgan fingerprint density at radius 1 is 1.44 bits per heavy atom. The Balaban J connectivity index is 1.95. The van der Waals surface area contributed by atoms with E-state index in [0.717, 1.165) is 27.5 Å². The first kappa shape index (κ1) is 13.7. The van der Waals surface area contributed by atoms with Crippen LogP contribution in [0.2, 0.25) is 0 Å². The van der Waals surface area contributed by atoms with Crippen LogP contribution in [0.4, 0.5) is 0 Å². The molecular formula is C12H14Br2N2O2. The smallest absolute Gasteiger partial charge is 0.139 e. The van der Waals surface area contributed by atoms with Gasteiger partial charge in [-0.1, -0.05) is 21.1 Å². The number of oxime groups is 1. The largest absolute Gasteiger partial charge is 0.492 e. The highest BCUT2D eigenvalue weighted by Crippen LogP contribution is 2.49. The van der Waals surface area contributed by atoms with Crippen molar-refractivity contribution in [3.05, 3.63) is 27.1 Å². The molecule has 0 atom stereocenters. The van der Waals surface area contributed by atoms with E-state index in [1.165, 1.54) is 0 Å². The SMILES string of the molecule is NC(CC1(COc2ccc(Br)cc2Br)CC1)=NO. The standard InChI is InChI=1S/C12H14Br2N2O2/c13-8-1-2-10(9(14)5-8)18-7-12(3-4-12)6-11(15)16-17/h1-2,5,17H,3-4,6-7H2,(H2,15,16). The van der Waals surface area contributed by atoms with Crippen LogP contribution in [0.5, 0.6) is 5.75 Å². The highest BCUT2D eigenvalue weighted by atomic mass is 79.9. The number of nitrogens with two attached hydrogens (primary N) is 1. The van der Waals surface area contributed by atoms with E-state index in [9.17, 15) is 0 Å². The number of rotatable bonds is 5. The van der Waals surface area contributed by atoms with Gasteiger partial charge in [-0.05, 0) is 47.0 Å². The predicted octanol–water partition coefficient (Wildman–Crippen LogP) is 3.51. The highest BCUT2D eigenvalue weighted by molar-refractivity contribution is 9.11. The molecule has 4 nitrogen and oxygen atoms in total. The molecule has 1 fully saturated rings. The lowest BCUT2D eigenvalue weighted by molar-refractivity contribution is 0.235. The minimum absolute atomic E-state index is 0.0445. The fraction of sp³-hybridized carbons (Fsp3) is 0.417. The first-order valence-electron chi connectivity index (χ1n) is 5.59. The van der Waals surface area contributed by atoms with Gasteiger partial charge in [-0.15, -0.1) is 0 Å². The predicted molar refractivity (Wildman–Crippen MR) is 77.0 cm³/mol. The van der Waals surface area contributed by atoms with Crippen LogP contribution in [0.1, 0.15) is 19.3 Å². The monoisotopic (exact) mass is 376 g/mol. The number of hydrogen-bond acceptors (Lipinski definition) is 3. The lowest BCUT2D eigenvalue weighted by Gasteiger charge is -2.16. The van der Waals surface area contributed by atoms with Crippen LogP contribution in [0, 0.1) is 5.41 Å². The Labute approximate surface area is 122 Å². The Kier molecular flexibility index (Phi) is 4.17. The van der Waals surface area contributed by atoms with E-state index in [2.05, 4.69) is 37.0 Å². The van der Waals surface area contributed by atoms with Gasteiger partial charge in [-0.2, -0.15) is 0 Å². The number of hydrogen-bond donors (Lipinski definition) is 2. The van der Waals surface area contributed by atoms with Crippen LogP contribution in [-0.2, 0) is 0 Å². The molecule has 0 saturated heterocycles. The van der Waals surface area contributed by atoms with E-state index in [4.69, 9.17) is 15.7 Å². The number of amidine groups is 1. The Morgan fingerprint density at radius 2 is 2.17 bits per heavy atom. The summed E-state index contributed by atoms with van der Waals surface area (Å²) in [4.78, 5) is 0. The quantitative estimate of drug-likeness (QED) is 0.357. The van der Waals surface area contributed by atoms with Crippen LogP contribution in [0.3, 0.4) is 0 Å². The van der Waals surface area contributed by atoms with E-state index in [0.29, 0.717) is 13.0 Å². The van der Waals surface area contributed by atoms with Gasteiger partial charge in [0.2, 0.25) is 0 Å². The van der Waals surface area contributed by atoms with Crippen molar-refractivity contribution in [3.63, 3.8) is 0 Å². The van der Waals surface area contributed by atoms with Gasteiger partial charge in [0.05, 0.1) is 11.1 Å². The van der Waals surface area contributed by atoms with Crippen LogP contribution in [-0.4, -0.2) is 17.6 Å². The summed E-state index contributed by atoms with van der Waals surface area (Å²) < 4.78 is 7.72. The Morgan fingerprint density at radius 3 is 2.72 bits per heavy atom. The zero-order valence-electron chi connectivity index (χ0n) is 9.70. The molecule has 2 rings (SSSR count). The van der Waals surface area contributed by atoms with Gasteiger partial charge >= 0.3 is 0 Å². The topological polar surface area (TPSA) is 67.8 Å². The number of ether oxygens (including phenoxy) is 1. The average Bonchev–Trinajstić information content (AvgIpc) is 3.08. The molecule has 1 aromatic carbocycles. The first-order chi connectivity index (χ1) is 8.54. The second kappa shape index (κ2) is 5.48. The maximum atomic E-state index is 8.60. The summed E-state index contributed by atoms with van der Waals surface area (Å²) in [5.41, 5.74) is 5.59. The minimum Gasteiger partial charge on any atom is -0.492 e. The van der Waals surface area contributed by atoms with Crippen molar-refractivity contribution in [1.82, 2.24) is 0 Å². The molecule has 18 heavy (non-hydrogen) atoms. The normalized spacial score (nSPS) is 17.6. The number of benzene rings is 1. The summed E-state index contributed by atoms with van der Waals surface area (Å²) in [5.74, 6) is 1.08. The third kappa shape index (κ3) is 3.38. The maximum absolute atomic E-state index is 8.60. The van der Waals surface area contributed by atoms with Gasteiger partial charge in [0, 0.05) is 16.3 Å². The molecule has 0 unspecified atom stereocenters. The molecule has 0 radical (unpaired) electrons. The van der Waals surface area contributed by atoms with Gasteiger partial charge in [-0.25, -0.2) is 0 Å². The van der Waals surface area contributed by atoms with Crippen molar-refractivity contribution < 1.29 is 9.94 Å². The lowest BCUT2D eigenvalue weighted by atomic mass is 10.0. The molecule has 0 aliphatic heterocycles. The highest BCUT2D eigenvalue weighted by Gasteiger charge is 2.44. The number of nitrogens with zero attached hydrogens (tertiary/aromatic N) is 1. The summed E-state index contributed by atoms with van der Waals surface area (Å²) in [6, 6.07) is 5.79. The zero-order valence-corrected chi connectivity index (χ0v) is 12.9. The third-order valence-corrected chi connectivity index (χ3v) is 4.18. The molecule has 0 aromatic heterocycles. The second-order valence-electron chi connectivity index (χ2n) is 4.63. The molecule has 1 aliphatic carbocycles. The van der Waals surface area contributed by atoms with Gasteiger partial charge in [0.1, 0.15) is 11.6 Å². The fourth-order valence-electron chi connectivity index (χ4n) is 1.79. The van der Waals surface area contributed by atoms with Gasteiger partial charge in [0.25, 0.3) is 0 Å². The van der Waals surface area contributed by atoms with Crippen molar-refractivity contribution in [1.29, 1.82) is 0 Å². The van der Waals surface area contributed by atoms with Gasteiger partial charge in [-0.3, -0.25) is 0 Å². The maximum Gasteiger partial charge on any atom is 0.139 e. The minimum atomic E-state index is 0.0445. The molecule has 6 heteroatoms. The van der Waals surface area contributed by atoms with E-state index in [-0.39, 0.29) is 11.3 Å². The van der Waals surface area contributed by atoms with Crippen LogP contribution in [0.25, 0.3) is 0 Å². The third-order valence-electron chi connectivity index (χ3n) is 3.07. The van der Waals surface area contributed by atoms with Gasteiger partial charge < -0.3 is 15.7 Å². The number of halogens is 2. The molecule has 1 aromatic rings. The summed E-state index contributed by atoms with van der Waals surface area (Å²) in [7, 11) is 0.